The standard InChI is InChI=1S/C14H29N3O/c1-2-6-15-10-14(18)12-16-7-4-9-17-8-3-5-13(17)11-16/h13-15,18H,2-12H2,1H3. The molecule has 0 aliphatic carbocycles. The topological polar surface area (TPSA) is 38.7 Å². The van der Waals surface area contributed by atoms with E-state index in [2.05, 4.69) is 22.0 Å². The average Bonchev–Trinajstić information content (AvgIpc) is 2.69. The van der Waals surface area contributed by atoms with Gasteiger partial charge in [-0.3, -0.25) is 9.80 Å². The van der Waals surface area contributed by atoms with Crippen LogP contribution in [0.4, 0.5) is 0 Å². The van der Waals surface area contributed by atoms with Crippen molar-refractivity contribution >= 4 is 0 Å². The van der Waals surface area contributed by atoms with Gasteiger partial charge in [0.2, 0.25) is 0 Å². The third kappa shape index (κ3) is 4.19. The fourth-order valence-corrected chi connectivity index (χ4v) is 3.26. The van der Waals surface area contributed by atoms with Crippen molar-refractivity contribution in [2.24, 2.45) is 0 Å². The second-order valence-electron chi connectivity index (χ2n) is 5.80. The first kappa shape index (κ1) is 14.3. The summed E-state index contributed by atoms with van der Waals surface area (Å²) in [5.74, 6) is 0. The quantitative estimate of drug-likeness (QED) is 0.679. The van der Waals surface area contributed by atoms with Crippen molar-refractivity contribution in [2.75, 3.05) is 45.8 Å². The van der Waals surface area contributed by atoms with Crippen molar-refractivity contribution in [1.82, 2.24) is 15.1 Å². The summed E-state index contributed by atoms with van der Waals surface area (Å²) < 4.78 is 0. The minimum Gasteiger partial charge on any atom is -0.390 e. The van der Waals surface area contributed by atoms with Gasteiger partial charge in [0, 0.05) is 25.7 Å². The molecule has 106 valence electrons. The molecule has 0 saturated carbocycles. The number of aliphatic hydroxyl groups is 1. The summed E-state index contributed by atoms with van der Waals surface area (Å²) in [7, 11) is 0. The lowest BCUT2D eigenvalue weighted by molar-refractivity contribution is 0.106. The Bertz CT molecular complexity index is 237. The van der Waals surface area contributed by atoms with Crippen molar-refractivity contribution in [1.29, 1.82) is 0 Å². The molecule has 0 aromatic carbocycles. The van der Waals surface area contributed by atoms with Crippen LogP contribution in [-0.2, 0) is 0 Å². The van der Waals surface area contributed by atoms with Crippen LogP contribution < -0.4 is 5.32 Å². The molecule has 0 radical (unpaired) electrons. The molecule has 0 amide bonds. The van der Waals surface area contributed by atoms with E-state index in [1.807, 2.05) is 0 Å². The summed E-state index contributed by atoms with van der Waals surface area (Å²) in [5.41, 5.74) is 0. The predicted octanol–water partition coefficient (Wildman–Crippen LogP) is 0.517. The van der Waals surface area contributed by atoms with Gasteiger partial charge in [0.25, 0.3) is 0 Å². The average molecular weight is 255 g/mol. The third-order valence-corrected chi connectivity index (χ3v) is 4.16. The predicted molar refractivity (Wildman–Crippen MR) is 74.8 cm³/mol. The summed E-state index contributed by atoms with van der Waals surface area (Å²) in [6.45, 7) is 9.59. The Morgan fingerprint density at radius 2 is 2.11 bits per heavy atom. The number of fused-ring (bicyclic) bond motifs is 1. The zero-order valence-electron chi connectivity index (χ0n) is 11.8. The Hall–Kier alpha value is -0.160. The molecular formula is C14H29N3O. The Morgan fingerprint density at radius 3 is 2.94 bits per heavy atom. The fourth-order valence-electron chi connectivity index (χ4n) is 3.26. The van der Waals surface area contributed by atoms with Gasteiger partial charge in [0.05, 0.1) is 6.10 Å². The van der Waals surface area contributed by atoms with Gasteiger partial charge in [0.15, 0.2) is 0 Å². The van der Waals surface area contributed by atoms with Gasteiger partial charge in [-0.1, -0.05) is 6.92 Å². The Kier molecular flexibility index (Phi) is 5.89. The summed E-state index contributed by atoms with van der Waals surface area (Å²) in [5, 5.41) is 13.3. The van der Waals surface area contributed by atoms with Gasteiger partial charge < -0.3 is 10.4 Å². The molecule has 2 fully saturated rings. The van der Waals surface area contributed by atoms with Gasteiger partial charge >= 0.3 is 0 Å². The lowest BCUT2D eigenvalue weighted by atomic mass is 10.2. The molecule has 0 aromatic rings. The van der Waals surface area contributed by atoms with E-state index in [9.17, 15) is 5.11 Å². The van der Waals surface area contributed by atoms with E-state index in [4.69, 9.17) is 0 Å². The number of nitrogens with zero attached hydrogens (tertiary/aromatic N) is 2. The number of β-amino-alcohol motifs (C(OH)–C–C–N with tert-alkyl or cyclic N) is 1. The molecule has 2 unspecified atom stereocenters. The molecule has 2 rings (SSSR count). The van der Waals surface area contributed by atoms with Crippen LogP contribution >= 0.6 is 0 Å². The van der Waals surface area contributed by atoms with Crippen molar-refractivity contribution in [2.45, 2.75) is 44.8 Å². The summed E-state index contributed by atoms with van der Waals surface area (Å²) in [4.78, 5) is 5.11. The highest BCUT2D eigenvalue weighted by atomic mass is 16.3. The van der Waals surface area contributed by atoms with E-state index in [0.717, 1.165) is 45.2 Å². The molecule has 0 bridgehead atoms. The van der Waals surface area contributed by atoms with Gasteiger partial charge in [-0.25, -0.2) is 0 Å². The number of hydrogen-bond donors (Lipinski definition) is 2. The third-order valence-electron chi connectivity index (χ3n) is 4.16. The fraction of sp³-hybridized carbons (Fsp3) is 1.00. The van der Waals surface area contributed by atoms with E-state index >= 15 is 0 Å². The van der Waals surface area contributed by atoms with Crippen LogP contribution in [-0.4, -0.2) is 72.9 Å². The number of aliphatic hydroxyl groups excluding tert-OH is 1. The van der Waals surface area contributed by atoms with Crippen LogP contribution in [0.15, 0.2) is 0 Å². The minimum atomic E-state index is -0.218. The molecule has 2 aliphatic rings. The number of rotatable bonds is 6. The molecular weight excluding hydrogens is 226 g/mol. The number of hydrogen-bond acceptors (Lipinski definition) is 4. The highest BCUT2D eigenvalue weighted by molar-refractivity contribution is 4.85. The van der Waals surface area contributed by atoms with Crippen LogP contribution in [0.3, 0.4) is 0 Å². The summed E-state index contributed by atoms with van der Waals surface area (Å²) in [6, 6.07) is 0.753. The molecule has 2 heterocycles. The zero-order chi connectivity index (χ0) is 12.8. The van der Waals surface area contributed by atoms with Crippen molar-refractivity contribution in [3.63, 3.8) is 0 Å². The molecule has 2 atom stereocenters. The second-order valence-corrected chi connectivity index (χ2v) is 5.80. The molecule has 2 aliphatic heterocycles. The van der Waals surface area contributed by atoms with Crippen LogP contribution in [0, 0.1) is 0 Å². The van der Waals surface area contributed by atoms with Crippen molar-refractivity contribution in [3.05, 3.63) is 0 Å². The first-order chi connectivity index (χ1) is 8.79. The van der Waals surface area contributed by atoms with Crippen LogP contribution in [0.5, 0.6) is 0 Å². The van der Waals surface area contributed by atoms with E-state index in [0.29, 0.717) is 0 Å². The van der Waals surface area contributed by atoms with E-state index < -0.39 is 0 Å². The minimum absolute atomic E-state index is 0.218. The van der Waals surface area contributed by atoms with Gasteiger partial charge in [-0.15, -0.1) is 0 Å². The summed E-state index contributed by atoms with van der Waals surface area (Å²) >= 11 is 0. The maximum absolute atomic E-state index is 10.0. The zero-order valence-corrected chi connectivity index (χ0v) is 11.8. The van der Waals surface area contributed by atoms with Crippen LogP contribution in [0.1, 0.15) is 32.6 Å². The second kappa shape index (κ2) is 7.43. The molecule has 0 aromatic heterocycles. The van der Waals surface area contributed by atoms with Crippen molar-refractivity contribution < 1.29 is 5.11 Å². The van der Waals surface area contributed by atoms with Crippen molar-refractivity contribution in [3.8, 4) is 0 Å². The Morgan fingerprint density at radius 1 is 1.28 bits per heavy atom. The van der Waals surface area contributed by atoms with Crippen LogP contribution in [0.2, 0.25) is 0 Å². The maximum Gasteiger partial charge on any atom is 0.0791 e. The van der Waals surface area contributed by atoms with E-state index in [-0.39, 0.29) is 6.10 Å². The molecule has 2 saturated heterocycles. The van der Waals surface area contributed by atoms with Gasteiger partial charge in [-0.2, -0.15) is 0 Å². The molecule has 18 heavy (non-hydrogen) atoms. The lowest BCUT2D eigenvalue weighted by Gasteiger charge is -2.27. The Balaban J connectivity index is 1.71. The molecule has 0 spiro atoms. The lowest BCUT2D eigenvalue weighted by Crippen LogP contribution is -2.42. The van der Waals surface area contributed by atoms with E-state index in [1.54, 1.807) is 0 Å². The SMILES string of the molecule is CCCNCC(O)CN1CCCN2CCCC2C1. The van der Waals surface area contributed by atoms with Gasteiger partial charge in [0.1, 0.15) is 0 Å². The highest BCUT2D eigenvalue weighted by Gasteiger charge is 2.29. The van der Waals surface area contributed by atoms with Crippen LogP contribution in [0.25, 0.3) is 0 Å². The first-order valence-corrected chi connectivity index (χ1v) is 7.64. The molecule has 4 heteroatoms. The Labute approximate surface area is 111 Å². The summed E-state index contributed by atoms with van der Waals surface area (Å²) in [6.07, 6.45) is 4.88. The molecule has 4 nitrogen and oxygen atoms in total. The number of nitrogens with one attached hydrogen (secondary N) is 1. The first-order valence-electron chi connectivity index (χ1n) is 7.64. The normalized spacial score (nSPS) is 28.0. The maximum atomic E-state index is 10.0. The highest BCUT2D eigenvalue weighted by Crippen LogP contribution is 2.21. The largest absolute Gasteiger partial charge is 0.390 e. The van der Waals surface area contributed by atoms with Gasteiger partial charge in [-0.05, 0) is 51.9 Å². The molecule has 2 N–H and O–H groups in total. The smallest absolute Gasteiger partial charge is 0.0791 e. The monoisotopic (exact) mass is 255 g/mol. The van der Waals surface area contributed by atoms with E-state index in [1.165, 1.54) is 32.4 Å².